The molecule has 0 fully saturated rings. The zero-order chi connectivity index (χ0) is 21.4. The van der Waals surface area contributed by atoms with Gasteiger partial charge in [-0.1, -0.05) is 67.9 Å². The lowest BCUT2D eigenvalue weighted by atomic mass is 9.91. The second kappa shape index (κ2) is 7.88. The number of aliphatic hydroxyl groups excluding tert-OH is 1. The van der Waals surface area contributed by atoms with Crippen molar-refractivity contribution in [1.82, 2.24) is 4.98 Å². The van der Waals surface area contributed by atoms with Gasteiger partial charge in [0, 0.05) is 17.1 Å². The minimum atomic E-state index is -0.737. The highest BCUT2D eigenvalue weighted by atomic mass is 32.1. The zero-order valence-electron chi connectivity index (χ0n) is 17.0. The van der Waals surface area contributed by atoms with Crippen LogP contribution in [-0.2, 0) is 4.79 Å². The highest BCUT2D eigenvalue weighted by Crippen LogP contribution is 2.42. The zero-order valence-corrected chi connectivity index (χ0v) is 17.8. The molecule has 2 aromatic carbocycles. The number of amides is 1. The summed E-state index contributed by atoms with van der Waals surface area (Å²) >= 11 is 1.29. The molecule has 30 heavy (non-hydrogen) atoms. The highest BCUT2D eigenvalue weighted by Gasteiger charge is 2.45. The Bertz CT molecular complexity index is 1110. The number of hydrogen-bond acceptors (Lipinski definition) is 5. The number of Topliss-reactive ketones (excluding diaryl/α,β-unsaturated/α-hetero) is 1. The fraction of sp³-hybridized carbons (Fsp3) is 0.208. The van der Waals surface area contributed by atoms with E-state index in [-0.39, 0.29) is 11.4 Å². The van der Waals surface area contributed by atoms with Gasteiger partial charge in [0.2, 0.25) is 0 Å². The van der Waals surface area contributed by atoms with Crippen molar-refractivity contribution in [2.24, 2.45) is 0 Å². The van der Waals surface area contributed by atoms with E-state index in [1.807, 2.05) is 43.3 Å². The summed E-state index contributed by atoms with van der Waals surface area (Å²) in [7, 11) is 0. The van der Waals surface area contributed by atoms with Crippen LogP contribution in [0.4, 0.5) is 5.13 Å². The topological polar surface area (TPSA) is 70.5 Å². The Labute approximate surface area is 179 Å². The lowest BCUT2D eigenvalue weighted by Crippen LogP contribution is -2.31. The van der Waals surface area contributed by atoms with Crippen LogP contribution in [0.5, 0.6) is 0 Å². The average Bonchev–Trinajstić information content (AvgIpc) is 3.35. The van der Waals surface area contributed by atoms with Crippen molar-refractivity contribution in [2.45, 2.75) is 32.7 Å². The number of anilines is 1. The van der Waals surface area contributed by atoms with Crippen LogP contribution in [0.3, 0.4) is 0 Å². The van der Waals surface area contributed by atoms with Crippen LogP contribution >= 0.6 is 11.3 Å². The molecule has 0 saturated carbocycles. The lowest BCUT2D eigenvalue weighted by molar-refractivity contribution is -0.117. The van der Waals surface area contributed by atoms with Crippen molar-refractivity contribution in [1.29, 1.82) is 0 Å². The molecule has 5 nitrogen and oxygen atoms in total. The number of ketones is 1. The minimum Gasteiger partial charge on any atom is -0.503 e. The van der Waals surface area contributed by atoms with E-state index in [4.69, 9.17) is 0 Å². The molecule has 1 amide bonds. The Morgan fingerprint density at radius 1 is 1.10 bits per heavy atom. The number of carbonyl (C=O) groups excluding carboxylic acids is 2. The molecule has 3 aromatic rings. The second-order valence-electron chi connectivity index (χ2n) is 7.67. The number of carbonyl (C=O) groups is 2. The molecule has 1 aromatic heterocycles. The fourth-order valence-corrected chi connectivity index (χ4v) is 4.28. The maximum absolute atomic E-state index is 13.4. The van der Waals surface area contributed by atoms with Gasteiger partial charge in [0.15, 0.2) is 16.7 Å². The Kier molecular flexibility index (Phi) is 5.26. The lowest BCUT2D eigenvalue weighted by Gasteiger charge is -2.25. The van der Waals surface area contributed by atoms with E-state index in [0.29, 0.717) is 16.6 Å². The van der Waals surface area contributed by atoms with Crippen LogP contribution < -0.4 is 4.90 Å². The number of aliphatic hydroxyl groups is 1. The van der Waals surface area contributed by atoms with E-state index in [0.717, 1.165) is 16.7 Å². The number of nitrogens with zero attached hydrogens (tertiary/aromatic N) is 2. The van der Waals surface area contributed by atoms with Gasteiger partial charge in [0.05, 0.1) is 11.6 Å². The van der Waals surface area contributed by atoms with E-state index in [1.165, 1.54) is 16.2 Å². The highest BCUT2D eigenvalue weighted by molar-refractivity contribution is 7.13. The summed E-state index contributed by atoms with van der Waals surface area (Å²) in [5.41, 5.74) is 3.44. The van der Waals surface area contributed by atoms with Crippen molar-refractivity contribution in [3.05, 3.63) is 93.7 Å². The van der Waals surface area contributed by atoms with Crippen LogP contribution in [0.2, 0.25) is 0 Å². The Hall–Kier alpha value is -3.25. The molecule has 1 unspecified atom stereocenters. The molecule has 0 radical (unpaired) electrons. The van der Waals surface area contributed by atoms with Crippen molar-refractivity contribution in [2.75, 3.05) is 4.90 Å². The summed E-state index contributed by atoms with van der Waals surface area (Å²) in [6.07, 6.45) is 1.60. The summed E-state index contributed by atoms with van der Waals surface area (Å²) in [4.78, 5) is 32.0. The van der Waals surface area contributed by atoms with Crippen molar-refractivity contribution in [3.8, 4) is 0 Å². The van der Waals surface area contributed by atoms with Gasteiger partial charge in [-0.05, 0) is 24.0 Å². The molecule has 1 atom stereocenters. The van der Waals surface area contributed by atoms with Gasteiger partial charge in [0.25, 0.3) is 5.91 Å². The molecule has 1 aliphatic rings. The smallest absolute Gasteiger partial charge is 0.296 e. The van der Waals surface area contributed by atoms with Crippen LogP contribution in [0.15, 0.2) is 71.4 Å². The van der Waals surface area contributed by atoms with Gasteiger partial charge in [-0.15, -0.1) is 11.3 Å². The third-order valence-corrected chi connectivity index (χ3v) is 6.08. The first-order chi connectivity index (χ1) is 14.4. The van der Waals surface area contributed by atoms with E-state index >= 15 is 0 Å². The molecule has 6 heteroatoms. The SMILES string of the molecule is Cc1ccc(C(=O)C2=C(O)C(=O)N(c3nccs3)C2c2ccc(C(C)C)cc2)cc1. The second-order valence-corrected chi connectivity index (χ2v) is 8.54. The van der Waals surface area contributed by atoms with Gasteiger partial charge < -0.3 is 5.11 Å². The van der Waals surface area contributed by atoms with Crippen molar-refractivity contribution >= 4 is 28.2 Å². The first kappa shape index (κ1) is 20.0. The van der Waals surface area contributed by atoms with Gasteiger partial charge in [-0.2, -0.15) is 0 Å². The Balaban J connectivity index is 1.84. The number of aromatic nitrogens is 1. The van der Waals surface area contributed by atoms with Gasteiger partial charge in [-0.25, -0.2) is 4.98 Å². The number of thiazole rings is 1. The molecule has 0 spiro atoms. The molecule has 1 N–H and O–H groups in total. The molecular weight excluding hydrogens is 396 g/mol. The molecular formula is C24H22N2O3S. The Morgan fingerprint density at radius 3 is 2.33 bits per heavy atom. The number of hydrogen-bond donors (Lipinski definition) is 1. The van der Waals surface area contributed by atoms with E-state index < -0.39 is 17.7 Å². The maximum atomic E-state index is 13.4. The van der Waals surface area contributed by atoms with Crippen molar-refractivity contribution in [3.63, 3.8) is 0 Å². The molecule has 2 heterocycles. The van der Waals surface area contributed by atoms with E-state index in [2.05, 4.69) is 18.8 Å². The maximum Gasteiger partial charge on any atom is 0.296 e. The van der Waals surface area contributed by atoms with Gasteiger partial charge in [-0.3, -0.25) is 14.5 Å². The van der Waals surface area contributed by atoms with E-state index in [9.17, 15) is 14.7 Å². The fourth-order valence-electron chi connectivity index (χ4n) is 3.61. The standard InChI is InChI=1S/C24H22N2O3S/c1-14(2)16-8-10-17(11-9-16)20-19(21(27)18-6-4-15(3)5-7-18)22(28)23(29)26(20)24-25-12-13-30-24/h4-14,20,28H,1-3H3. The quantitative estimate of drug-likeness (QED) is 0.567. The molecule has 4 rings (SSSR count). The van der Waals surface area contributed by atoms with Crippen molar-refractivity contribution < 1.29 is 14.7 Å². The summed E-state index contributed by atoms with van der Waals surface area (Å²) in [6.45, 7) is 6.15. The Morgan fingerprint density at radius 2 is 1.77 bits per heavy atom. The first-order valence-corrected chi connectivity index (χ1v) is 10.6. The van der Waals surface area contributed by atoms with Crippen LogP contribution in [-0.4, -0.2) is 21.8 Å². The predicted molar refractivity (Wildman–Crippen MR) is 118 cm³/mol. The average molecular weight is 419 g/mol. The van der Waals surface area contributed by atoms with Gasteiger partial charge in [0.1, 0.15) is 0 Å². The van der Waals surface area contributed by atoms with Crippen LogP contribution in [0.1, 0.15) is 52.9 Å². The third-order valence-electron chi connectivity index (χ3n) is 5.31. The van der Waals surface area contributed by atoms with Gasteiger partial charge >= 0.3 is 0 Å². The summed E-state index contributed by atoms with van der Waals surface area (Å²) in [6, 6.07) is 14.2. The monoisotopic (exact) mass is 418 g/mol. The summed E-state index contributed by atoms with van der Waals surface area (Å²) in [5, 5.41) is 12.9. The molecule has 1 aliphatic heterocycles. The number of benzene rings is 2. The predicted octanol–water partition coefficient (Wildman–Crippen LogP) is 5.36. The normalized spacial score (nSPS) is 16.6. The number of aryl methyl sites for hydroxylation is 1. The summed E-state index contributed by atoms with van der Waals surface area (Å²) in [5.74, 6) is -1.14. The van der Waals surface area contributed by atoms with Crippen LogP contribution in [0.25, 0.3) is 0 Å². The molecule has 152 valence electrons. The molecule has 0 aliphatic carbocycles. The first-order valence-electron chi connectivity index (χ1n) is 9.76. The van der Waals surface area contributed by atoms with E-state index in [1.54, 1.807) is 23.7 Å². The molecule has 0 saturated heterocycles. The number of rotatable bonds is 5. The largest absolute Gasteiger partial charge is 0.503 e. The summed E-state index contributed by atoms with van der Waals surface area (Å²) < 4.78 is 0. The molecule has 0 bridgehead atoms. The third kappa shape index (κ3) is 3.44. The van der Waals surface area contributed by atoms with Crippen LogP contribution in [0, 0.1) is 6.92 Å². The minimum absolute atomic E-state index is 0.0800.